The van der Waals surface area contributed by atoms with E-state index in [0.29, 0.717) is 18.7 Å². The lowest BCUT2D eigenvalue weighted by atomic mass is 9.91. The van der Waals surface area contributed by atoms with Crippen molar-refractivity contribution in [2.75, 3.05) is 13.1 Å². The minimum Gasteiger partial charge on any atom is -0.481 e. The number of aliphatic carboxylic acids is 1. The van der Waals surface area contributed by atoms with Crippen LogP contribution in [-0.2, 0) is 9.59 Å². The molecule has 6 nitrogen and oxygen atoms in total. The zero-order valence-electron chi connectivity index (χ0n) is 13.5. The number of rotatable bonds is 5. The van der Waals surface area contributed by atoms with Crippen molar-refractivity contribution in [3.8, 4) is 0 Å². The molecule has 22 heavy (non-hydrogen) atoms. The van der Waals surface area contributed by atoms with E-state index < -0.39 is 5.97 Å². The molecule has 122 valence electrons. The van der Waals surface area contributed by atoms with Crippen LogP contribution in [0.15, 0.2) is 4.52 Å². The molecule has 1 N–H and O–H groups in total. The van der Waals surface area contributed by atoms with Crippen molar-refractivity contribution < 1.29 is 19.2 Å². The van der Waals surface area contributed by atoms with E-state index in [1.54, 1.807) is 0 Å². The first-order valence-corrected chi connectivity index (χ1v) is 7.83. The van der Waals surface area contributed by atoms with Crippen LogP contribution in [0.2, 0.25) is 0 Å². The predicted octanol–water partition coefficient (Wildman–Crippen LogP) is 2.50. The maximum absolute atomic E-state index is 12.7. The van der Waals surface area contributed by atoms with Crippen LogP contribution >= 0.6 is 0 Å². The summed E-state index contributed by atoms with van der Waals surface area (Å²) in [6, 6.07) is 0. The van der Waals surface area contributed by atoms with Gasteiger partial charge in [-0.05, 0) is 46.0 Å². The Balaban J connectivity index is 2.01. The number of carbonyl (C=O) groups is 2. The molecular formula is C16H24N2O4. The number of hydrogen-bond donors (Lipinski definition) is 1. The molecule has 1 saturated heterocycles. The quantitative estimate of drug-likeness (QED) is 0.903. The van der Waals surface area contributed by atoms with Crippen molar-refractivity contribution in [2.45, 2.75) is 52.4 Å². The molecule has 1 aliphatic heterocycles. The van der Waals surface area contributed by atoms with Gasteiger partial charge in [0.15, 0.2) is 0 Å². The molecule has 0 spiro atoms. The van der Waals surface area contributed by atoms with Gasteiger partial charge >= 0.3 is 5.97 Å². The third kappa shape index (κ3) is 3.67. The Morgan fingerprint density at radius 1 is 1.45 bits per heavy atom. The molecule has 0 aromatic carbocycles. The van der Waals surface area contributed by atoms with Gasteiger partial charge in [-0.25, -0.2) is 0 Å². The van der Waals surface area contributed by atoms with Crippen molar-refractivity contribution in [3.05, 3.63) is 17.0 Å². The highest BCUT2D eigenvalue weighted by Crippen LogP contribution is 2.28. The number of carboxylic acid groups (broad SMARTS) is 1. The first kappa shape index (κ1) is 16.5. The number of aryl methyl sites for hydroxylation is 2. The number of piperidine rings is 1. The fourth-order valence-corrected chi connectivity index (χ4v) is 3.33. The number of aromatic nitrogens is 1. The molecule has 1 aromatic heterocycles. The van der Waals surface area contributed by atoms with Gasteiger partial charge < -0.3 is 14.5 Å². The second kappa shape index (κ2) is 6.94. The molecule has 0 unspecified atom stereocenters. The van der Waals surface area contributed by atoms with Crippen LogP contribution in [0.4, 0.5) is 0 Å². The van der Waals surface area contributed by atoms with E-state index in [1.807, 2.05) is 25.7 Å². The molecule has 1 aliphatic rings. The topological polar surface area (TPSA) is 83.6 Å². The van der Waals surface area contributed by atoms with Crippen LogP contribution in [0.1, 0.15) is 55.5 Å². The fraction of sp³-hybridized carbons (Fsp3) is 0.688. The average molecular weight is 308 g/mol. The van der Waals surface area contributed by atoms with Gasteiger partial charge in [0.25, 0.3) is 0 Å². The Morgan fingerprint density at radius 3 is 2.77 bits per heavy atom. The lowest BCUT2D eigenvalue weighted by molar-refractivity contribution is -0.137. The molecule has 0 saturated carbocycles. The second-order valence-corrected chi connectivity index (χ2v) is 6.18. The highest BCUT2D eigenvalue weighted by Gasteiger charge is 2.30. The molecule has 1 aromatic rings. The van der Waals surface area contributed by atoms with Gasteiger partial charge in [-0.15, -0.1) is 0 Å². The fourth-order valence-electron chi connectivity index (χ4n) is 3.33. The number of likely N-dealkylation sites (tertiary alicyclic amines) is 1. The lowest BCUT2D eigenvalue weighted by Crippen LogP contribution is -2.42. The summed E-state index contributed by atoms with van der Waals surface area (Å²) in [6.45, 7) is 6.96. The van der Waals surface area contributed by atoms with Crippen LogP contribution < -0.4 is 0 Å². The first-order valence-electron chi connectivity index (χ1n) is 7.83. The van der Waals surface area contributed by atoms with Gasteiger partial charge in [0.05, 0.1) is 11.6 Å². The number of carboxylic acids is 1. The standard InChI is InChI=1S/C16H24N2O4/c1-10(15-11(2)17-22-12(15)3)16(21)18-8-4-5-13(9-18)6-7-14(19)20/h10,13H,4-9H2,1-3H3,(H,19,20)/t10-,13-/m1/s1. The van der Waals surface area contributed by atoms with E-state index >= 15 is 0 Å². The number of carbonyl (C=O) groups excluding carboxylic acids is 1. The summed E-state index contributed by atoms with van der Waals surface area (Å²) >= 11 is 0. The number of hydrogen-bond acceptors (Lipinski definition) is 4. The monoisotopic (exact) mass is 308 g/mol. The lowest BCUT2D eigenvalue weighted by Gasteiger charge is -2.34. The summed E-state index contributed by atoms with van der Waals surface area (Å²) in [5.41, 5.74) is 1.63. The number of nitrogens with zero attached hydrogens (tertiary/aromatic N) is 2. The van der Waals surface area contributed by atoms with Crippen LogP contribution in [0.25, 0.3) is 0 Å². The largest absolute Gasteiger partial charge is 0.481 e. The molecule has 2 atom stereocenters. The summed E-state index contributed by atoms with van der Waals surface area (Å²) in [5, 5.41) is 12.7. The second-order valence-electron chi connectivity index (χ2n) is 6.18. The third-order valence-corrected chi connectivity index (χ3v) is 4.49. The Kier molecular flexibility index (Phi) is 5.21. The van der Waals surface area contributed by atoms with E-state index in [9.17, 15) is 9.59 Å². The summed E-state index contributed by atoms with van der Waals surface area (Å²) < 4.78 is 5.15. The van der Waals surface area contributed by atoms with Gasteiger partial charge in [-0.3, -0.25) is 9.59 Å². The smallest absolute Gasteiger partial charge is 0.303 e. The van der Waals surface area contributed by atoms with Crippen molar-refractivity contribution in [2.24, 2.45) is 5.92 Å². The van der Waals surface area contributed by atoms with Crippen molar-refractivity contribution in [3.63, 3.8) is 0 Å². The minimum absolute atomic E-state index is 0.0782. The molecule has 0 bridgehead atoms. The van der Waals surface area contributed by atoms with Crippen LogP contribution in [0.3, 0.4) is 0 Å². The van der Waals surface area contributed by atoms with E-state index in [-0.39, 0.29) is 24.2 Å². The van der Waals surface area contributed by atoms with E-state index in [0.717, 1.165) is 30.6 Å². The predicted molar refractivity (Wildman–Crippen MR) is 80.6 cm³/mol. The zero-order chi connectivity index (χ0) is 16.3. The van der Waals surface area contributed by atoms with Crippen LogP contribution in [0.5, 0.6) is 0 Å². The Morgan fingerprint density at radius 2 is 2.18 bits per heavy atom. The Hall–Kier alpha value is -1.85. The molecule has 2 heterocycles. The van der Waals surface area contributed by atoms with Gasteiger partial charge in [-0.2, -0.15) is 0 Å². The molecular weight excluding hydrogens is 284 g/mol. The van der Waals surface area contributed by atoms with Gasteiger partial charge in [-0.1, -0.05) is 5.16 Å². The molecule has 0 radical (unpaired) electrons. The maximum atomic E-state index is 12.7. The number of amides is 1. The maximum Gasteiger partial charge on any atom is 0.303 e. The van der Waals surface area contributed by atoms with E-state index in [4.69, 9.17) is 9.63 Å². The summed E-state index contributed by atoms with van der Waals surface area (Å²) in [6.07, 6.45) is 2.74. The molecule has 0 aliphatic carbocycles. The first-order chi connectivity index (χ1) is 10.4. The SMILES string of the molecule is Cc1noc(C)c1[C@@H](C)C(=O)N1CCC[C@H](CCC(=O)O)C1. The van der Waals surface area contributed by atoms with Crippen molar-refractivity contribution >= 4 is 11.9 Å². The van der Waals surface area contributed by atoms with Gasteiger partial charge in [0, 0.05) is 25.1 Å². The molecule has 2 rings (SSSR count). The van der Waals surface area contributed by atoms with E-state index in [2.05, 4.69) is 5.16 Å². The molecule has 1 fully saturated rings. The molecule has 1 amide bonds. The van der Waals surface area contributed by atoms with Gasteiger partial charge in [0.1, 0.15) is 5.76 Å². The highest BCUT2D eigenvalue weighted by molar-refractivity contribution is 5.84. The minimum atomic E-state index is -0.771. The average Bonchev–Trinajstić information content (AvgIpc) is 2.83. The summed E-state index contributed by atoms with van der Waals surface area (Å²) in [5.74, 6) is 0.00916. The highest BCUT2D eigenvalue weighted by atomic mass is 16.5. The van der Waals surface area contributed by atoms with Crippen LogP contribution in [-0.4, -0.2) is 40.1 Å². The van der Waals surface area contributed by atoms with Crippen LogP contribution in [0, 0.1) is 19.8 Å². The van der Waals surface area contributed by atoms with Crippen molar-refractivity contribution in [1.29, 1.82) is 0 Å². The zero-order valence-corrected chi connectivity index (χ0v) is 13.5. The summed E-state index contributed by atoms with van der Waals surface area (Å²) in [4.78, 5) is 25.3. The normalized spacial score (nSPS) is 20.0. The summed E-state index contributed by atoms with van der Waals surface area (Å²) in [7, 11) is 0. The Labute approximate surface area is 130 Å². The van der Waals surface area contributed by atoms with Gasteiger partial charge in [0.2, 0.25) is 5.91 Å². The Bertz CT molecular complexity index is 533. The van der Waals surface area contributed by atoms with E-state index in [1.165, 1.54) is 0 Å². The third-order valence-electron chi connectivity index (χ3n) is 4.49. The van der Waals surface area contributed by atoms with Crippen molar-refractivity contribution in [1.82, 2.24) is 10.1 Å². The molecule has 6 heteroatoms.